The van der Waals surface area contributed by atoms with Gasteiger partial charge < -0.3 is 15.4 Å². The molecule has 1 saturated carbocycles. The van der Waals surface area contributed by atoms with E-state index in [1.807, 2.05) is 32.0 Å². The summed E-state index contributed by atoms with van der Waals surface area (Å²) in [5, 5.41) is 5.71. The highest BCUT2D eigenvalue weighted by Crippen LogP contribution is 2.47. The molecule has 2 aromatic carbocycles. The molecule has 1 aliphatic carbocycles. The molecular weight excluding hydrogens is 316 g/mol. The molecule has 0 bridgehead atoms. The van der Waals surface area contributed by atoms with E-state index in [4.69, 9.17) is 4.74 Å². The zero-order chi connectivity index (χ0) is 18.0. The molecule has 0 saturated heterocycles. The second kappa shape index (κ2) is 6.59. The number of rotatable bonds is 5. The first kappa shape index (κ1) is 17.0. The molecule has 2 N–H and O–H groups in total. The van der Waals surface area contributed by atoms with Crippen molar-refractivity contribution >= 4 is 23.2 Å². The summed E-state index contributed by atoms with van der Waals surface area (Å²) in [7, 11) is 1.59. The maximum atomic E-state index is 12.6. The predicted octanol–water partition coefficient (Wildman–Crippen LogP) is 3.67. The number of ether oxygens (including phenoxy) is 1. The quantitative estimate of drug-likeness (QED) is 0.818. The van der Waals surface area contributed by atoms with E-state index in [0.717, 1.165) is 16.8 Å². The minimum Gasteiger partial charge on any atom is -0.497 e. The Balaban J connectivity index is 1.68. The van der Waals surface area contributed by atoms with Crippen LogP contribution in [0.25, 0.3) is 0 Å². The van der Waals surface area contributed by atoms with Crippen molar-refractivity contribution in [3.63, 3.8) is 0 Å². The van der Waals surface area contributed by atoms with Gasteiger partial charge in [-0.05, 0) is 74.2 Å². The van der Waals surface area contributed by atoms with Crippen LogP contribution in [0.4, 0.5) is 11.4 Å². The standard InChI is InChI=1S/C20H22N2O3/c1-13-4-5-16(12-14(13)2)22-19(24)20(10-11-20)18(23)21-15-6-8-17(25-3)9-7-15/h4-9,12H,10-11H2,1-3H3,(H,21,23)(H,22,24). The normalized spacial score (nSPS) is 14.5. The van der Waals surface area contributed by atoms with Crippen LogP contribution < -0.4 is 15.4 Å². The van der Waals surface area contributed by atoms with Crippen LogP contribution in [0, 0.1) is 19.3 Å². The lowest BCUT2D eigenvalue weighted by atomic mass is 10.0. The third-order valence-corrected chi connectivity index (χ3v) is 4.73. The Bertz CT molecular complexity index is 808. The van der Waals surface area contributed by atoms with Crippen molar-refractivity contribution in [2.45, 2.75) is 26.7 Å². The van der Waals surface area contributed by atoms with Crippen LogP contribution in [0.2, 0.25) is 0 Å². The summed E-state index contributed by atoms with van der Waals surface area (Å²) < 4.78 is 5.10. The van der Waals surface area contributed by atoms with E-state index < -0.39 is 5.41 Å². The van der Waals surface area contributed by atoms with Gasteiger partial charge in [0.1, 0.15) is 11.2 Å². The first-order valence-electron chi connectivity index (χ1n) is 8.29. The Morgan fingerprint density at radius 1 is 0.880 bits per heavy atom. The number of hydrogen-bond donors (Lipinski definition) is 2. The fourth-order valence-electron chi connectivity index (χ4n) is 2.68. The third-order valence-electron chi connectivity index (χ3n) is 4.73. The molecule has 1 fully saturated rings. The van der Waals surface area contributed by atoms with E-state index >= 15 is 0 Å². The van der Waals surface area contributed by atoms with Gasteiger partial charge in [0, 0.05) is 11.4 Å². The fraction of sp³-hybridized carbons (Fsp3) is 0.300. The molecular formula is C20H22N2O3. The summed E-state index contributed by atoms with van der Waals surface area (Å²) in [6, 6.07) is 12.8. The summed E-state index contributed by atoms with van der Waals surface area (Å²) in [5.74, 6) is 0.201. The SMILES string of the molecule is COc1ccc(NC(=O)C2(C(=O)Nc3ccc(C)c(C)c3)CC2)cc1. The summed E-state index contributed by atoms with van der Waals surface area (Å²) in [5.41, 5.74) is 2.66. The number of anilines is 2. The molecule has 0 spiro atoms. The van der Waals surface area contributed by atoms with Crippen LogP contribution >= 0.6 is 0 Å². The zero-order valence-electron chi connectivity index (χ0n) is 14.7. The van der Waals surface area contributed by atoms with Crippen LogP contribution in [0.15, 0.2) is 42.5 Å². The number of nitrogens with one attached hydrogen (secondary N) is 2. The maximum Gasteiger partial charge on any atom is 0.240 e. The van der Waals surface area contributed by atoms with Crippen LogP contribution in [0.1, 0.15) is 24.0 Å². The molecule has 2 aromatic rings. The molecule has 2 amide bonds. The van der Waals surface area contributed by atoms with Crippen molar-refractivity contribution in [1.29, 1.82) is 0 Å². The van der Waals surface area contributed by atoms with Crippen LogP contribution in [0.3, 0.4) is 0 Å². The molecule has 3 rings (SSSR count). The van der Waals surface area contributed by atoms with Gasteiger partial charge in [0.25, 0.3) is 0 Å². The highest BCUT2D eigenvalue weighted by Gasteiger charge is 2.56. The van der Waals surface area contributed by atoms with Crippen molar-refractivity contribution in [2.24, 2.45) is 5.41 Å². The predicted molar refractivity (Wildman–Crippen MR) is 97.8 cm³/mol. The molecule has 0 aromatic heterocycles. The molecule has 25 heavy (non-hydrogen) atoms. The van der Waals surface area contributed by atoms with E-state index in [-0.39, 0.29) is 11.8 Å². The largest absolute Gasteiger partial charge is 0.497 e. The third kappa shape index (κ3) is 3.50. The average Bonchev–Trinajstić information content (AvgIpc) is 3.41. The average molecular weight is 338 g/mol. The van der Waals surface area contributed by atoms with Gasteiger partial charge in [-0.25, -0.2) is 0 Å². The molecule has 0 atom stereocenters. The highest BCUT2D eigenvalue weighted by molar-refractivity contribution is 6.16. The number of aryl methyl sites for hydroxylation is 2. The number of carbonyl (C=O) groups excluding carboxylic acids is 2. The first-order valence-corrected chi connectivity index (χ1v) is 8.29. The van der Waals surface area contributed by atoms with Crippen LogP contribution in [0.5, 0.6) is 5.75 Å². The first-order chi connectivity index (χ1) is 11.9. The molecule has 5 heteroatoms. The summed E-state index contributed by atoms with van der Waals surface area (Å²) in [6.07, 6.45) is 1.12. The number of carbonyl (C=O) groups is 2. The fourth-order valence-corrected chi connectivity index (χ4v) is 2.68. The van der Waals surface area contributed by atoms with Crippen molar-refractivity contribution < 1.29 is 14.3 Å². The number of methoxy groups -OCH3 is 1. The van der Waals surface area contributed by atoms with E-state index in [9.17, 15) is 9.59 Å². The number of amides is 2. The minimum absolute atomic E-state index is 0.248. The Kier molecular flexibility index (Phi) is 4.49. The van der Waals surface area contributed by atoms with E-state index in [2.05, 4.69) is 10.6 Å². The smallest absolute Gasteiger partial charge is 0.240 e. The van der Waals surface area contributed by atoms with Gasteiger partial charge in [-0.1, -0.05) is 6.07 Å². The lowest BCUT2D eigenvalue weighted by Crippen LogP contribution is -2.35. The van der Waals surface area contributed by atoms with Gasteiger partial charge in [-0.3, -0.25) is 9.59 Å². The Morgan fingerprint density at radius 2 is 1.44 bits per heavy atom. The molecule has 5 nitrogen and oxygen atoms in total. The van der Waals surface area contributed by atoms with Gasteiger partial charge in [-0.15, -0.1) is 0 Å². The van der Waals surface area contributed by atoms with Gasteiger partial charge in [-0.2, -0.15) is 0 Å². The monoisotopic (exact) mass is 338 g/mol. The molecule has 130 valence electrons. The van der Waals surface area contributed by atoms with E-state index in [1.165, 1.54) is 0 Å². The molecule has 0 aliphatic heterocycles. The van der Waals surface area contributed by atoms with Crippen molar-refractivity contribution in [2.75, 3.05) is 17.7 Å². The van der Waals surface area contributed by atoms with E-state index in [0.29, 0.717) is 24.3 Å². The van der Waals surface area contributed by atoms with Crippen molar-refractivity contribution in [1.82, 2.24) is 0 Å². The van der Waals surface area contributed by atoms with Gasteiger partial charge in [0.05, 0.1) is 7.11 Å². The molecule has 0 heterocycles. The van der Waals surface area contributed by atoms with Gasteiger partial charge in [0.15, 0.2) is 0 Å². The van der Waals surface area contributed by atoms with Gasteiger partial charge in [0.2, 0.25) is 11.8 Å². The van der Waals surface area contributed by atoms with Gasteiger partial charge >= 0.3 is 0 Å². The molecule has 1 aliphatic rings. The second-order valence-electron chi connectivity index (χ2n) is 6.52. The lowest BCUT2D eigenvalue weighted by molar-refractivity contribution is -0.131. The van der Waals surface area contributed by atoms with Crippen molar-refractivity contribution in [3.8, 4) is 5.75 Å². The minimum atomic E-state index is -0.973. The number of benzene rings is 2. The molecule has 0 unspecified atom stereocenters. The van der Waals surface area contributed by atoms with Crippen LogP contribution in [-0.2, 0) is 9.59 Å². The number of hydrogen-bond acceptors (Lipinski definition) is 3. The Labute approximate surface area is 147 Å². The van der Waals surface area contributed by atoms with Crippen molar-refractivity contribution in [3.05, 3.63) is 53.6 Å². The van der Waals surface area contributed by atoms with E-state index in [1.54, 1.807) is 31.4 Å². The zero-order valence-corrected chi connectivity index (χ0v) is 14.7. The highest BCUT2D eigenvalue weighted by atomic mass is 16.5. The Morgan fingerprint density at radius 3 is 1.96 bits per heavy atom. The Hall–Kier alpha value is -2.82. The second-order valence-corrected chi connectivity index (χ2v) is 6.52. The maximum absolute atomic E-state index is 12.6. The van der Waals surface area contributed by atoms with Crippen LogP contribution in [-0.4, -0.2) is 18.9 Å². The lowest BCUT2D eigenvalue weighted by Gasteiger charge is -2.16. The topological polar surface area (TPSA) is 67.4 Å². The molecule has 0 radical (unpaired) electrons. The summed E-state index contributed by atoms with van der Waals surface area (Å²) in [6.45, 7) is 4.01. The summed E-state index contributed by atoms with van der Waals surface area (Å²) in [4.78, 5) is 25.2. The summed E-state index contributed by atoms with van der Waals surface area (Å²) >= 11 is 0.